The Morgan fingerprint density at radius 3 is 2.37 bits per heavy atom. The third-order valence-electron chi connectivity index (χ3n) is 2.90. The van der Waals surface area contributed by atoms with Gasteiger partial charge in [0.1, 0.15) is 0 Å². The van der Waals surface area contributed by atoms with E-state index in [-0.39, 0.29) is 0 Å². The van der Waals surface area contributed by atoms with Crippen molar-refractivity contribution in [2.24, 2.45) is 0 Å². The quantitative estimate of drug-likeness (QED) is 0.720. The van der Waals surface area contributed by atoms with Crippen LogP contribution in [0.2, 0.25) is 0 Å². The van der Waals surface area contributed by atoms with Crippen LogP contribution in [0.5, 0.6) is 0 Å². The van der Waals surface area contributed by atoms with Gasteiger partial charge in [-0.2, -0.15) is 16.1 Å². The van der Waals surface area contributed by atoms with Crippen molar-refractivity contribution in [3.05, 3.63) is 27.1 Å². The normalized spacial score (nSPS) is 25.5. The molecule has 1 fully saturated rings. The summed E-state index contributed by atoms with van der Waals surface area (Å²) in [6, 6.07) is 5.22. The molecule has 2 unspecified atom stereocenters. The molecule has 0 aromatic heterocycles. The van der Waals surface area contributed by atoms with Crippen LogP contribution in [0.4, 0.5) is 0 Å². The number of hydrogen-bond donors (Lipinski definition) is 0. The summed E-state index contributed by atoms with van der Waals surface area (Å²) < 4.78 is 28.4. The van der Waals surface area contributed by atoms with Crippen LogP contribution in [-0.4, -0.2) is 36.3 Å². The van der Waals surface area contributed by atoms with Crippen molar-refractivity contribution in [3.63, 3.8) is 0 Å². The van der Waals surface area contributed by atoms with Gasteiger partial charge in [0.15, 0.2) is 0 Å². The number of hydrogen-bond acceptors (Lipinski definition) is 3. The second-order valence-electron chi connectivity index (χ2n) is 4.65. The minimum atomic E-state index is -3.44. The molecule has 0 spiro atoms. The molecule has 7 heteroatoms. The summed E-state index contributed by atoms with van der Waals surface area (Å²) in [5.74, 6) is 0. The first-order valence-electron chi connectivity index (χ1n) is 5.91. The zero-order valence-corrected chi connectivity index (χ0v) is 15.4. The smallest absolute Gasteiger partial charge is 0.207 e. The van der Waals surface area contributed by atoms with Gasteiger partial charge in [-0.25, -0.2) is 8.42 Å². The van der Waals surface area contributed by atoms with Gasteiger partial charge >= 0.3 is 0 Å². The van der Waals surface area contributed by atoms with E-state index >= 15 is 0 Å². The van der Waals surface area contributed by atoms with Crippen LogP contribution in [0.15, 0.2) is 32.0 Å². The Kier molecular flexibility index (Phi) is 5.04. The number of benzene rings is 1. The molecule has 1 saturated heterocycles. The maximum absolute atomic E-state index is 12.7. The lowest BCUT2D eigenvalue weighted by atomic mass is 10.4. The van der Waals surface area contributed by atoms with Crippen molar-refractivity contribution in [1.29, 1.82) is 0 Å². The average Bonchev–Trinajstić information content (AvgIpc) is 2.31. The van der Waals surface area contributed by atoms with Gasteiger partial charge in [-0.3, -0.25) is 0 Å². The lowest BCUT2D eigenvalue weighted by molar-refractivity contribution is 0.404. The summed E-state index contributed by atoms with van der Waals surface area (Å²) >= 11 is 8.50. The maximum atomic E-state index is 12.7. The van der Waals surface area contributed by atoms with Gasteiger partial charge in [0.05, 0.1) is 4.90 Å². The first kappa shape index (κ1) is 15.8. The zero-order chi connectivity index (χ0) is 14.2. The Balaban J connectivity index is 2.39. The van der Waals surface area contributed by atoms with E-state index in [9.17, 15) is 8.42 Å². The van der Waals surface area contributed by atoms with Crippen molar-refractivity contribution in [3.8, 4) is 0 Å². The number of thioether (sulfide) groups is 1. The molecule has 0 radical (unpaired) electrons. The van der Waals surface area contributed by atoms with Gasteiger partial charge in [-0.1, -0.05) is 29.8 Å². The summed E-state index contributed by atoms with van der Waals surface area (Å²) in [7, 11) is -3.44. The van der Waals surface area contributed by atoms with Crippen molar-refractivity contribution in [2.45, 2.75) is 29.2 Å². The molecule has 0 aliphatic carbocycles. The van der Waals surface area contributed by atoms with Crippen LogP contribution < -0.4 is 0 Å². The lowest BCUT2D eigenvalue weighted by Gasteiger charge is -2.33. The Labute approximate surface area is 135 Å². The van der Waals surface area contributed by atoms with Gasteiger partial charge in [-0.05, 0) is 34.1 Å². The van der Waals surface area contributed by atoms with E-state index < -0.39 is 10.0 Å². The predicted molar refractivity (Wildman–Crippen MR) is 87.1 cm³/mol. The van der Waals surface area contributed by atoms with E-state index in [0.29, 0.717) is 33.0 Å². The van der Waals surface area contributed by atoms with E-state index in [1.165, 1.54) is 0 Å². The summed E-state index contributed by atoms with van der Waals surface area (Å²) in [6.45, 7) is 5.27. The molecule has 0 bridgehead atoms. The monoisotopic (exact) mass is 427 g/mol. The zero-order valence-electron chi connectivity index (χ0n) is 10.6. The third-order valence-corrected chi connectivity index (χ3v) is 7.44. The number of halogens is 2. The fraction of sp³-hybridized carbons (Fsp3) is 0.500. The van der Waals surface area contributed by atoms with Gasteiger partial charge < -0.3 is 0 Å². The number of sulfonamides is 1. The van der Waals surface area contributed by atoms with Gasteiger partial charge in [-0.15, -0.1) is 0 Å². The number of rotatable bonds is 2. The van der Waals surface area contributed by atoms with Crippen molar-refractivity contribution in [2.75, 3.05) is 13.1 Å². The summed E-state index contributed by atoms with van der Waals surface area (Å²) in [6.07, 6.45) is 0. The molecule has 106 valence electrons. The second-order valence-corrected chi connectivity index (χ2v) is 10.2. The minimum absolute atomic E-state index is 0.324. The largest absolute Gasteiger partial charge is 0.244 e. The van der Waals surface area contributed by atoms with Crippen LogP contribution in [-0.2, 0) is 10.0 Å². The molecule has 2 rings (SSSR count). The van der Waals surface area contributed by atoms with Crippen molar-refractivity contribution >= 4 is 53.6 Å². The van der Waals surface area contributed by atoms with Crippen LogP contribution >= 0.6 is 43.6 Å². The van der Waals surface area contributed by atoms with Gasteiger partial charge in [0.2, 0.25) is 10.0 Å². The SMILES string of the molecule is CC1CN(S(=O)(=O)c2cc(Br)ccc2Br)CC(C)S1. The van der Waals surface area contributed by atoms with E-state index in [4.69, 9.17) is 0 Å². The van der Waals surface area contributed by atoms with Gasteiger partial charge in [0.25, 0.3) is 0 Å². The molecule has 1 aromatic rings. The summed E-state index contributed by atoms with van der Waals surface area (Å²) in [5.41, 5.74) is 0. The molecule has 1 heterocycles. The average molecular weight is 429 g/mol. The van der Waals surface area contributed by atoms with Crippen molar-refractivity contribution < 1.29 is 8.42 Å². The molecule has 0 N–H and O–H groups in total. The Hall–Kier alpha value is 0.440. The molecule has 0 amide bonds. The molecular formula is C12H15Br2NO2S2. The Bertz CT molecular complexity index is 567. The highest BCUT2D eigenvalue weighted by molar-refractivity contribution is 9.11. The highest BCUT2D eigenvalue weighted by Crippen LogP contribution is 2.32. The molecule has 1 aliphatic rings. The predicted octanol–water partition coefficient (Wildman–Crippen LogP) is 3.73. The third kappa shape index (κ3) is 3.56. The first-order valence-corrected chi connectivity index (χ1v) is 9.88. The number of nitrogens with zero attached hydrogens (tertiary/aromatic N) is 1. The van der Waals surface area contributed by atoms with Crippen molar-refractivity contribution in [1.82, 2.24) is 4.31 Å². The van der Waals surface area contributed by atoms with E-state index in [2.05, 4.69) is 45.7 Å². The van der Waals surface area contributed by atoms with E-state index in [1.54, 1.807) is 16.4 Å². The molecular weight excluding hydrogens is 414 g/mol. The molecule has 3 nitrogen and oxygen atoms in total. The maximum Gasteiger partial charge on any atom is 0.244 e. The van der Waals surface area contributed by atoms with Crippen LogP contribution in [0.1, 0.15) is 13.8 Å². The van der Waals surface area contributed by atoms with Crippen LogP contribution in [0.3, 0.4) is 0 Å². The molecule has 1 aliphatic heterocycles. The molecule has 1 aromatic carbocycles. The highest BCUT2D eigenvalue weighted by Gasteiger charge is 2.33. The Morgan fingerprint density at radius 2 is 1.79 bits per heavy atom. The fourth-order valence-electron chi connectivity index (χ4n) is 2.14. The van der Waals surface area contributed by atoms with Crippen LogP contribution in [0, 0.1) is 0 Å². The first-order chi connectivity index (χ1) is 8.80. The Morgan fingerprint density at radius 1 is 1.21 bits per heavy atom. The van der Waals surface area contributed by atoms with E-state index in [0.717, 1.165) is 4.47 Å². The fourth-order valence-corrected chi connectivity index (χ4v) is 6.74. The minimum Gasteiger partial charge on any atom is -0.207 e. The summed E-state index contributed by atoms with van der Waals surface area (Å²) in [4.78, 5) is 0.327. The molecule has 19 heavy (non-hydrogen) atoms. The highest BCUT2D eigenvalue weighted by atomic mass is 79.9. The second kappa shape index (κ2) is 6.05. The van der Waals surface area contributed by atoms with Gasteiger partial charge in [0, 0.05) is 32.5 Å². The van der Waals surface area contributed by atoms with E-state index in [1.807, 2.05) is 17.8 Å². The molecule has 0 saturated carbocycles. The lowest BCUT2D eigenvalue weighted by Crippen LogP contribution is -2.44. The standard InChI is InChI=1S/C12H15Br2NO2S2/c1-8-6-15(7-9(2)18-8)19(16,17)12-5-10(13)3-4-11(12)14/h3-5,8-9H,6-7H2,1-2H3. The van der Waals surface area contributed by atoms with Crippen LogP contribution in [0.25, 0.3) is 0 Å². The topological polar surface area (TPSA) is 37.4 Å². The summed E-state index contributed by atoms with van der Waals surface area (Å²) in [5, 5.41) is 0.647. The molecule has 2 atom stereocenters.